The van der Waals surface area contributed by atoms with Crippen molar-refractivity contribution in [1.29, 1.82) is 0 Å². The first-order chi connectivity index (χ1) is 8.20. The van der Waals surface area contributed by atoms with Crippen LogP contribution in [-0.2, 0) is 4.79 Å². The lowest BCUT2D eigenvalue weighted by Crippen LogP contribution is -2.46. The predicted octanol–water partition coefficient (Wildman–Crippen LogP) is 0.380. The van der Waals surface area contributed by atoms with Gasteiger partial charge in [-0.3, -0.25) is 4.79 Å². The predicted molar refractivity (Wildman–Crippen MR) is 66.7 cm³/mol. The lowest BCUT2D eigenvalue weighted by atomic mass is 10.1. The third-order valence-corrected chi connectivity index (χ3v) is 3.08. The fourth-order valence-electron chi connectivity index (χ4n) is 1.91. The van der Waals surface area contributed by atoms with Crippen molar-refractivity contribution in [3.63, 3.8) is 0 Å². The number of hydrogen-bond acceptors (Lipinski definition) is 4. The molecule has 0 radical (unpaired) electrons. The summed E-state index contributed by atoms with van der Waals surface area (Å²) in [5, 5.41) is 0. The highest BCUT2D eigenvalue weighted by Gasteiger charge is 2.16. The molecule has 92 valence electrons. The molecular formula is C12H18N4O. The minimum Gasteiger partial charge on any atom is -0.353 e. The van der Waals surface area contributed by atoms with Crippen LogP contribution in [0.25, 0.3) is 0 Å². The quantitative estimate of drug-likeness (QED) is 0.768. The van der Waals surface area contributed by atoms with Crippen LogP contribution in [0.1, 0.15) is 18.5 Å². The van der Waals surface area contributed by atoms with Crippen LogP contribution in [0.2, 0.25) is 0 Å². The summed E-state index contributed by atoms with van der Waals surface area (Å²) in [6.07, 6.45) is 2.73. The molecule has 0 bridgehead atoms. The van der Waals surface area contributed by atoms with Crippen molar-refractivity contribution in [3.8, 4) is 0 Å². The number of carbonyl (C=O) groups excluding carboxylic acids is 1. The van der Waals surface area contributed by atoms with Crippen molar-refractivity contribution >= 4 is 12.2 Å². The van der Waals surface area contributed by atoms with Crippen molar-refractivity contribution in [2.45, 2.75) is 13.0 Å². The van der Waals surface area contributed by atoms with E-state index in [0.717, 1.165) is 44.0 Å². The smallest absolute Gasteiger partial charge is 0.209 e. The Labute approximate surface area is 101 Å². The van der Waals surface area contributed by atoms with Gasteiger partial charge < -0.3 is 15.5 Å². The summed E-state index contributed by atoms with van der Waals surface area (Å²) in [5.41, 5.74) is 6.82. The number of hydrogen-bond donors (Lipinski definition) is 1. The number of aromatic nitrogens is 1. The molecule has 0 saturated carbocycles. The summed E-state index contributed by atoms with van der Waals surface area (Å²) < 4.78 is 0. The Bertz CT molecular complexity index is 369. The molecule has 5 heteroatoms. The Balaban J connectivity index is 2.01. The van der Waals surface area contributed by atoms with E-state index in [1.807, 2.05) is 25.3 Å². The van der Waals surface area contributed by atoms with E-state index in [1.54, 1.807) is 4.90 Å². The van der Waals surface area contributed by atoms with Gasteiger partial charge in [-0.15, -0.1) is 0 Å². The van der Waals surface area contributed by atoms with E-state index in [0.29, 0.717) is 0 Å². The van der Waals surface area contributed by atoms with Crippen LogP contribution in [0.4, 0.5) is 5.82 Å². The van der Waals surface area contributed by atoms with Crippen LogP contribution in [-0.4, -0.2) is 42.5 Å². The Morgan fingerprint density at radius 1 is 1.35 bits per heavy atom. The van der Waals surface area contributed by atoms with E-state index in [9.17, 15) is 4.79 Å². The maximum Gasteiger partial charge on any atom is 0.209 e. The number of anilines is 1. The van der Waals surface area contributed by atoms with Gasteiger partial charge in [0, 0.05) is 38.4 Å². The maximum absolute atomic E-state index is 10.6. The molecule has 2 rings (SSSR count). The molecule has 1 aliphatic rings. The third kappa shape index (κ3) is 2.74. The van der Waals surface area contributed by atoms with Crippen molar-refractivity contribution < 1.29 is 4.79 Å². The van der Waals surface area contributed by atoms with E-state index in [4.69, 9.17) is 5.73 Å². The summed E-state index contributed by atoms with van der Waals surface area (Å²) in [6, 6.07) is 4.03. The normalized spacial score (nSPS) is 18.0. The Morgan fingerprint density at radius 3 is 2.53 bits per heavy atom. The zero-order valence-corrected chi connectivity index (χ0v) is 10.0. The minimum atomic E-state index is 0.0171. The largest absolute Gasteiger partial charge is 0.353 e. The number of piperazine rings is 1. The van der Waals surface area contributed by atoms with Crippen molar-refractivity contribution in [2.75, 3.05) is 31.1 Å². The molecule has 1 aromatic heterocycles. The Kier molecular flexibility index (Phi) is 3.58. The van der Waals surface area contributed by atoms with Crippen LogP contribution in [0, 0.1) is 0 Å². The van der Waals surface area contributed by atoms with Gasteiger partial charge in [-0.2, -0.15) is 0 Å². The highest BCUT2D eigenvalue weighted by molar-refractivity contribution is 5.49. The summed E-state index contributed by atoms with van der Waals surface area (Å²) in [6.45, 7) is 5.15. The van der Waals surface area contributed by atoms with E-state index < -0.39 is 0 Å². The fraction of sp³-hybridized carbons (Fsp3) is 0.500. The molecule has 0 aromatic carbocycles. The Hall–Kier alpha value is -1.62. The van der Waals surface area contributed by atoms with Gasteiger partial charge in [0.15, 0.2) is 0 Å². The number of nitrogens with two attached hydrogens (primary N) is 1. The number of nitrogens with zero attached hydrogens (tertiary/aromatic N) is 3. The molecule has 1 aromatic rings. The van der Waals surface area contributed by atoms with Crippen LogP contribution in [0.5, 0.6) is 0 Å². The highest BCUT2D eigenvalue weighted by atomic mass is 16.1. The minimum absolute atomic E-state index is 0.0171. The first kappa shape index (κ1) is 11.9. The SMILES string of the molecule is CC(N)c1ccc(N2CCN(C=O)CC2)nc1. The average Bonchev–Trinajstić information content (AvgIpc) is 2.39. The zero-order chi connectivity index (χ0) is 12.3. The molecule has 0 spiro atoms. The van der Waals surface area contributed by atoms with Gasteiger partial charge in [-0.05, 0) is 18.6 Å². The molecule has 1 unspecified atom stereocenters. The van der Waals surface area contributed by atoms with Crippen molar-refractivity contribution in [2.24, 2.45) is 5.73 Å². The standard InChI is InChI=1S/C12H18N4O/c1-10(13)11-2-3-12(14-8-11)16-6-4-15(9-17)5-7-16/h2-3,8-10H,4-7,13H2,1H3. The van der Waals surface area contributed by atoms with Crippen molar-refractivity contribution in [3.05, 3.63) is 23.9 Å². The van der Waals surface area contributed by atoms with Gasteiger partial charge in [0.25, 0.3) is 0 Å². The molecule has 1 fully saturated rings. The van der Waals surface area contributed by atoms with Crippen LogP contribution in [0.3, 0.4) is 0 Å². The van der Waals surface area contributed by atoms with Gasteiger partial charge in [0.2, 0.25) is 6.41 Å². The molecule has 2 heterocycles. The summed E-state index contributed by atoms with van der Waals surface area (Å²) >= 11 is 0. The van der Waals surface area contributed by atoms with E-state index >= 15 is 0 Å². The third-order valence-electron chi connectivity index (χ3n) is 3.08. The highest BCUT2D eigenvalue weighted by Crippen LogP contribution is 2.15. The molecular weight excluding hydrogens is 216 g/mol. The van der Waals surface area contributed by atoms with Crippen LogP contribution < -0.4 is 10.6 Å². The lowest BCUT2D eigenvalue weighted by molar-refractivity contribution is -0.118. The molecule has 0 aliphatic carbocycles. The van der Waals surface area contributed by atoms with Crippen LogP contribution in [0.15, 0.2) is 18.3 Å². The molecule has 1 amide bonds. The van der Waals surface area contributed by atoms with E-state index in [-0.39, 0.29) is 6.04 Å². The van der Waals surface area contributed by atoms with Crippen molar-refractivity contribution in [1.82, 2.24) is 9.88 Å². The molecule has 1 aliphatic heterocycles. The van der Waals surface area contributed by atoms with Gasteiger partial charge in [0.05, 0.1) is 0 Å². The molecule has 17 heavy (non-hydrogen) atoms. The van der Waals surface area contributed by atoms with E-state index in [1.165, 1.54) is 0 Å². The van der Waals surface area contributed by atoms with Gasteiger partial charge in [0.1, 0.15) is 5.82 Å². The fourth-order valence-corrected chi connectivity index (χ4v) is 1.91. The summed E-state index contributed by atoms with van der Waals surface area (Å²) in [5.74, 6) is 0.958. The zero-order valence-electron chi connectivity index (χ0n) is 10.0. The lowest BCUT2D eigenvalue weighted by Gasteiger charge is -2.33. The Morgan fingerprint density at radius 2 is 2.06 bits per heavy atom. The number of pyridine rings is 1. The maximum atomic E-state index is 10.6. The van der Waals surface area contributed by atoms with Crippen LogP contribution >= 0.6 is 0 Å². The van der Waals surface area contributed by atoms with Gasteiger partial charge >= 0.3 is 0 Å². The molecule has 5 nitrogen and oxygen atoms in total. The van der Waals surface area contributed by atoms with Gasteiger partial charge in [-0.1, -0.05) is 6.07 Å². The molecule has 1 saturated heterocycles. The first-order valence-electron chi connectivity index (χ1n) is 5.86. The number of carbonyl (C=O) groups is 1. The molecule has 1 atom stereocenters. The van der Waals surface area contributed by atoms with E-state index in [2.05, 4.69) is 9.88 Å². The van der Waals surface area contributed by atoms with Gasteiger partial charge in [-0.25, -0.2) is 4.98 Å². The summed E-state index contributed by atoms with van der Waals surface area (Å²) in [4.78, 5) is 19.0. The topological polar surface area (TPSA) is 62.5 Å². The second kappa shape index (κ2) is 5.14. The summed E-state index contributed by atoms with van der Waals surface area (Å²) in [7, 11) is 0. The second-order valence-electron chi connectivity index (χ2n) is 4.37. The first-order valence-corrected chi connectivity index (χ1v) is 5.86. The molecule has 2 N–H and O–H groups in total. The average molecular weight is 234 g/mol. The number of rotatable bonds is 3. The monoisotopic (exact) mass is 234 g/mol. The second-order valence-corrected chi connectivity index (χ2v) is 4.37. The number of amides is 1.